The van der Waals surface area contributed by atoms with Gasteiger partial charge in [-0.2, -0.15) is 0 Å². The van der Waals surface area contributed by atoms with Gasteiger partial charge in [0.25, 0.3) is 0 Å². The number of hydrazine groups is 1. The molecule has 1 unspecified atom stereocenters. The van der Waals surface area contributed by atoms with Crippen molar-refractivity contribution in [3.8, 4) is 0 Å². The van der Waals surface area contributed by atoms with Gasteiger partial charge in [0.1, 0.15) is 0 Å². The van der Waals surface area contributed by atoms with E-state index in [4.69, 9.17) is 5.84 Å². The Hall–Kier alpha value is 0.100. The van der Waals surface area contributed by atoms with Crippen molar-refractivity contribution in [1.29, 1.82) is 0 Å². The van der Waals surface area contributed by atoms with Gasteiger partial charge in [-0.1, -0.05) is 0 Å². The number of halogens is 1. The average molecular weight is 341 g/mol. The average Bonchev–Trinajstić information content (AvgIpc) is 2.79. The minimum atomic E-state index is 0.351. The topological polar surface area (TPSA) is 38.0 Å². The van der Waals surface area contributed by atoms with E-state index in [9.17, 15) is 0 Å². The number of thiophene rings is 1. The third kappa shape index (κ3) is 2.03. The van der Waals surface area contributed by atoms with E-state index in [2.05, 4.69) is 32.8 Å². The summed E-state index contributed by atoms with van der Waals surface area (Å²) in [6, 6.07) is 2.50. The molecule has 0 amide bonds. The van der Waals surface area contributed by atoms with Gasteiger partial charge in [0.05, 0.1) is 6.04 Å². The van der Waals surface area contributed by atoms with E-state index in [0.717, 1.165) is 29.6 Å². The van der Waals surface area contributed by atoms with Crippen LogP contribution in [0.2, 0.25) is 0 Å². The van der Waals surface area contributed by atoms with Crippen LogP contribution in [0, 0.1) is 29.6 Å². The van der Waals surface area contributed by atoms with Crippen molar-refractivity contribution in [2.24, 2.45) is 35.4 Å². The summed E-state index contributed by atoms with van der Waals surface area (Å²) in [6.07, 6.45) is 7.35. The summed E-state index contributed by atoms with van der Waals surface area (Å²) >= 11 is 5.53. The zero-order valence-electron chi connectivity index (χ0n) is 11.0. The van der Waals surface area contributed by atoms with E-state index in [1.54, 1.807) is 0 Å². The minimum absolute atomic E-state index is 0.351. The Balaban J connectivity index is 1.66. The van der Waals surface area contributed by atoms with E-state index in [-0.39, 0.29) is 0 Å². The number of nitrogens with one attached hydrogen (secondary N) is 1. The highest BCUT2D eigenvalue weighted by Gasteiger charge is 2.50. The lowest BCUT2D eigenvalue weighted by molar-refractivity contribution is -0.0521. The SMILES string of the molecule is NNC(c1sccc1Br)C1C2CC3CC(C2)CC1C3. The number of hydrogen-bond acceptors (Lipinski definition) is 3. The van der Waals surface area contributed by atoms with E-state index in [1.165, 1.54) is 41.5 Å². The van der Waals surface area contributed by atoms with Gasteiger partial charge in [-0.3, -0.25) is 11.3 Å². The maximum absolute atomic E-state index is 5.95. The third-order valence-corrected chi connectivity index (χ3v) is 7.75. The Morgan fingerprint density at radius 2 is 1.79 bits per heavy atom. The number of hydrogen-bond donors (Lipinski definition) is 2. The summed E-state index contributed by atoms with van der Waals surface area (Å²) < 4.78 is 1.23. The first kappa shape index (κ1) is 12.8. The van der Waals surface area contributed by atoms with Crippen LogP contribution in [-0.4, -0.2) is 0 Å². The van der Waals surface area contributed by atoms with Gasteiger partial charge in [0.15, 0.2) is 0 Å². The Morgan fingerprint density at radius 1 is 1.16 bits per heavy atom. The molecule has 0 aromatic carbocycles. The molecule has 1 aromatic heterocycles. The zero-order valence-corrected chi connectivity index (χ0v) is 13.4. The van der Waals surface area contributed by atoms with Gasteiger partial charge < -0.3 is 0 Å². The molecule has 0 saturated heterocycles. The summed E-state index contributed by atoms with van der Waals surface area (Å²) in [5.74, 6) is 10.6. The molecule has 0 spiro atoms. The lowest BCUT2D eigenvalue weighted by atomic mass is 9.50. The van der Waals surface area contributed by atoms with Crippen molar-refractivity contribution in [1.82, 2.24) is 5.43 Å². The Kier molecular flexibility index (Phi) is 3.26. The maximum Gasteiger partial charge on any atom is 0.0598 e. The van der Waals surface area contributed by atoms with Crippen LogP contribution in [0.5, 0.6) is 0 Å². The molecule has 4 heteroatoms. The van der Waals surface area contributed by atoms with E-state index in [0.29, 0.717) is 6.04 Å². The summed E-state index contributed by atoms with van der Waals surface area (Å²) in [6.45, 7) is 0. The predicted molar refractivity (Wildman–Crippen MR) is 82.6 cm³/mol. The van der Waals surface area contributed by atoms with Crippen molar-refractivity contribution in [3.63, 3.8) is 0 Å². The first-order valence-electron chi connectivity index (χ1n) is 7.45. The van der Waals surface area contributed by atoms with Crippen molar-refractivity contribution in [2.45, 2.75) is 38.1 Å². The Bertz CT molecular complexity index is 444. The molecular weight excluding hydrogens is 320 g/mol. The van der Waals surface area contributed by atoms with Crippen molar-refractivity contribution in [3.05, 3.63) is 20.8 Å². The fraction of sp³-hybridized carbons (Fsp3) is 0.733. The number of rotatable bonds is 3. The quantitative estimate of drug-likeness (QED) is 0.642. The molecule has 5 rings (SSSR count). The van der Waals surface area contributed by atoms with Crippen LogP contribution in [0.4, 0.5) is 0 Å². The van der Waals surface area contributed by atoms with Gasteiger partial charge in [0.2, 0.25) is 0 Å². The second-order valence-corrected chi connectivity index (χ2v) is 8.59. The molecule has 1 aromatic rings. The molecule has 1 atom stereocenters. The Morgan fingerprint density at radius 3 is 2.26 bits per heavy atom. The van der Waals surface area contributed by atoms with Crippen LogP contribution in [0.3, 0.4) is 0 Å². The van der Waals surface area contributed by atoms with Crippen LogP contribution in [0.15, 0.2) is 15.9 Å². The van der Waals surface area contributed by atoms with E-state index < -0.39 is 0 Å². The largest absolute Gasteiger partial charge is 0.271 e. The molecule has 0 aliphatic heterocycles. The second-order valence-electron chi connectivity index (χ2n) is 6.79. The van der Waals surface area contributed by atoms with Gasteiger partial charge in [0, 0.05) is 9.35 Å². The zero-order chi connectivity index (χ0) is 13.0. The molecule has 4 aliphatic carbocycles. The lowest BCUT2D eigenvalue weighted by Crippen LogP contribution is -2.50. The highest BCUT2D eigenvalue weighted by molar-refractivity contribution is 9.10. The van der Waals surface area contributed by atoms with Crippen LogP contribution in [0.1, 0.15) is 43.0 Å². The maximum atomic E-state index is 5.95. The van der Waals surface area contributed by atoms with Crippen LogP contribution >= 0.6 is 27.3 Å². The van der Waals surface area contributed by atoms with Gasteiger partial charge in [-0.15, -0.1) is 11.3 Å². The highest BCUT2D eigenvalue weighted by Crippen LogP contribution is 2.59. The first-order chi connectivity index (χ1) is 9.26. The van der Waals surface area contributed by atoms with Gasteiger partial charge in [-0.05, 0) is 89.1 Å². The van der Waals surface area contributed by atoms with Crippen LogP contribution < -0.4 is 11.3 Å². The van der Waals surface area contributed by atoms with Crippen LogP contribution in [-0.2, 0) is 0 Å². The summed E-state index contributed by atoms with van der Waals surface area (Å²) in [7, 11) is 0. The van der Waals surface area contributed by atoms with Crippen molar-refractivity contribution >= 4 is 27.3 Å². The standard InChI is InChI=1S/C15H21BrN2S/c16-12-1-2-19-15(12)14(18-17)13-10-4-8-3-9(6-10)7-11(13)5-8/h1-2,8-11,13-14,18H,3-7,17H2. The highest BCUT2D eigenvalue weighted by atomic mass is 79.9. The normalized spacial score (nSPS) is 41.7. The molecule has 4 fully saturated rings. The molecule has 2 nitrogen and oxygen atoms in total. The van der Waals surface area contributed by atoms with E-state index >= 15 is 0 Å². The molecule has 4 saturated carbocycles. The monoisotopic (exact) mass is 340 g/mol. The fourth-order valence-electron chi connectivity index (χ4n) is 5.40. The van der Waals surface area contributed by atoms with Gasteiger partial charge in [-0.25, -0.2) is 0 Å². The van der Waals surface area contributed by atoms with Crippen molar-refractivity contribution in [2.75, 3.05) is 0 Å². The number of nitrogens with two attached hydrogens (primary N) is 1. The summed E-state index contributed by atoms with van der Waals surface area (Å²) in [5, 5.41) is 2.17. The molecule has 0 radical (unpaired) electrons. The summed E-state index contributed by atoms with van der Waals surface area (Å²) in [4.78, 5) is 1.40. The Labute approximate surface area is 127 Å². The minimum Gasteiger partial charge on any atom is -0.271 e. The molecule has 104 valence electrons. The molecular formula is C15H21BrN2S. The predicted octanol–water partition coefficient (Wildman–Crippen LogP) is 4.09. The second kappa shape index (κ2) is 4.83. The molecule has 19 heavy (non-hydrogen) atoms. The first-order valence-corrected chi connectivity index (χ1v) is 9.12. The summed E-state index contributed by atoms with van der Waals surface area (Å²) in [5.41, 5.74) is 3.15. The van der Waals surface area contributed by atoms with Crippen LogP contribution in [0.25, 0.3) is 0 Å². The third-order valence-electron chi connectivity index (χ3n) is 5.79. The van der Waals surface area contributed by atoms with Gasteiger partial charge >= 0.3 is 0 Å². The van der Waals surface area contributed by atoms with Crippen molar-refractivity contribution < 1.29 is 0 Å². The lowest BCUT2D eigenvalue weighted by Gasteiger charge is -2.56. The smallest absolute Gasteiger partial charge is 0.0598 e. The van der Waals surface area contributed by atoms with E-state index in [1.807, 2.05) is 11.3 Å². The molecule has 1 heterocycles. The fourth-order valence-corrected chi connectivity index (χ4v) is 7.14. The molecule has 3 N–H and O–H groups in total. The molecule has 4 aliphatic rings. The molecule has 4 bridgehead atoms.